The average Bonchev–Trinajstić information content (AvgIpc) is 2.58. The number of nitrogens with one attached hydrogen (secondary N) is 2. The van der Waals surface area contributed by atoms with Crippen LogP contribution in [0.4, 0.5) is 11.6 Å². The molecule has 7 nitrogen and oxygen atoms in total. The zero-order valence-electron chi connectivity index (χ0n) is 14.6. The number of carbonyl (C=O) groups excluding carboxylic acids is 2. The number of aromatic nitrogens is 2. The summed E-state index contributed by atoms with van der Waals surface area (Å²) in [7, 11) is 1.35. The molecule has 0 atom stereocenters. The summed E-state index contributed by atoms with van der Waals surface area (Å²) < 4.78 is 4.55. The lowest BCUT2D eigenvalue weighted by atomic mass is 10.2. The predicted octanol–water partition coefficient (Wildman–Crippen LogP) is 2.52. The maximum Gasteiger partial charge on any atom is 0.305 e. The molecule has 0 unspecified atom stereocenters. The molecule has 0 spiro atoms. The van der Waals surface area contributed by atoms with Crippen molar-refractivity contribution in [3.63, 3.8) is 0 Å². The van der Waals surface area contributed by atoms with Crippen LogP contribution in [0.2, 0.25) is 0 Å². The van der Waals surface area contributed by atoms with Crippen LogP contribution in [0, 0.1) is 13.8 Å². The molecule has 0 aliphatic heterocycles. The van der Waals surface area contributed by atoms with Crippen LogP contribution < -0.4 is 10.6 Å². The van der Waals surface area contributed by atoms with Crippen molar-refractivity contribution in [1.82, 2.24) is 15.3 Å². The second kappa shape index (κ2) is 8.77. The van der Waals surface area contributed by atoms with Crippen molar-refractivity contribution in [2.45, 2.75) is 26.7 Å². The normalized spacial score (nSPS) is 10.2. The summed E-state index contributed by atoms with van der Waals surface area (Å²) in [5.74, 6) is 0.0647. The average molecular weight is 342 g/mol. The smallest absolute Gasteiger partial charge is 0.305 e. The third-order valence-electron chi connectivity index (χ3n) is 3.46. The number of ether oxygens (including phenoxy) is 1. The summed E-state index contributed by atoms with van der Waals surface area (Å²) in [6.45, 7) is 4.24. The highest BCUT2D eigenvalue weighted by Gasteiger charge is 2.07. The fourth-order valence-electron chi connectivity index (χ4n) is 2.25. The van der Waals surface area contributed by atoms with Gasteiger partial charge in [-0.2, -0.15) is 0 Å². The molecule has 2 aromatic rings. The van der Waals surface area contributed by atoms with Crippen molar-refractivity contribution in [2.24, 2.45) is 0 Å². The molecule has 0 saturated heterocycles. The number of anilines is 2. The van der Waals surface area contributed by atoms with Crippen molar-refractivity contribution in [2.75, 3.05) is 19.0 Å². The number of esters is 1. The summed E-state index contributed by atoms with van der Waals surface area (Å²) in [5, 5.41) is 5.89. The summed E-state index contributed by atoms with van der Waals surface area (Å²) >= 11 is 0. The maximum absolute atomic E-state index is 12.0. The molecule has 0 bridgehead atoms. The van der Waals surface area contributed by atoms with Gasteiger partial charge in [-0.25, -0.2) is 9.97 Å². The first kappa shape index (κ1) is 18.4. The lowest BCUT2D eigenvalue weighted by molar-refractivity contribution is -0.140. The number of rotatable bonds is 7. The monoisotopic (exact) mass is 342 g/mol. The topological polar surface area (TPSA) is 93.2 Å². The van der Waals surface area contributed by atoms with Crippen molar-refractivity contribution < 1.29 is 14.3 Å². The van der Waals surface area contributed by atoms with E-state index >= 15 is 0 Å². The first-order valence-electron chi connectivity index (χ1n) is 8.02. The van der Waals surface area contributed by atoms with Gasteiger partial charge in [-0.1, -0.05) is 0 Å². The Kier molecular flexibility index (Phi) is 6.45. The van der Waals surface area contributed by atoms with Crippen LogP contribution >= 0.6 is 0 Å². The number of benzene rings is 1. The van der Waals surface area contributed by atoms with Gasteiger partial charge in [0.25, 0.3) is 5.91 Å². The Morgan fingerprint density at radius 3 is 2.32 bits per heavy atom. The molecule has 0 saturated carbocycles. The van der Waals surface area contributed by atoms with E-state index in [-0.39, 0.29) is 18.3 Å². The summed E-state index contributed by atoms with van der Waals surface area (Å²) in [4.78, 5) is 31.7. The number of methoxy groups -OCH3 is 1. The second-order valence-corrected chi connectivity index (χ2v) is 5.61. The molecule has 0 radical (unpaired) electrons. The van der Waals surface area contributed by atoms with Gasteiger partial charge < -0.3 is 15.4 Å². The molecule has 0 aliphatic rings. The fraction of sp³-hybridized carbons (Fsp3) is 0.333. The minimum Gasteiger partial charge on any atom is -0.469 e. The van der Waals surface area contributed by atoms with Gasteiger partial charge in [0.2, 0.25) is 5.95 Å². The van der Waals surface area contributed by atoms with Crippen molar-refractivity contribution in [1.29, 1.82) is 0 Å². The summed E-state index contributed by atoms with van der Waals surface area (Å²) in [6.07, 6.45) is 0.831. The number of carbonyl (C=O) groups is 2. The lowest BCUT2D eigenvalue weighted by Crippen LogP contribution is -2.24. The van der Waals surface area contributed by atoms with Crippen LogP contribution in [0.5, 0.6) is 0 Å². The van der Waals surface area contributed by atoms with Crippen LogP contribution in [0.3, 0.4) is 0 Å². The van der Waals surface area contributed by atoms with E-state index < -0.39 is 0 Å². The second-order valence-electron chi connectivity index (χ2n) is 5.61. The Morgan fingerprint density at radius 1 is 1.08 bits per heavy atom. The SMILES string of the molecule is COC(=O)CCCNC(=O)c1ccc(Nc2nc(C)cc(C)n2)cc1. The fourth-order valence-corrected chi connectivity index (χ4v) is 2.25. The molecule has 1 aromatic carbocycles. The molecule has 2 N–H and O–H groups in total. The highest BCUT2D eigenvalue weighted by Crippen LogP contribution is 2.15. The molecule has 132 valence electrons. The quantitative estimate of drug-likeness (QED) is 0.593. The van der Waals surface area contributed by atoms with Gasteiger partial charge in [-0.3, -0.25) is 9.59 Å². The molecule has 1 heterocycles. The third kappa shape index (κ3) is 5.87. The largest absolute Gasteiger partial charge is 0.469 e. The van der Waals surface area contributed by atoms with Gasteiger partial charge >= 0.3 is 5.97 Å². The van der Waals surface area contributed by atoms with E-state index in [0.717, 1.165) is 17.1 Å². The van der Waals surface area contributed by atoms with E-state index in [1.807, 2.05) is 19.9 Å². The molecule has 2 rings (SSSR count). The number of hydrogen-bond donors (Lipinski definition) is 2. The Balaban J connectivity index is 1.88. The standard InChI is InChI=1S/C18H22N4O3/c1-12-11-13(2)21-18(20-12)22-15-8-6-14(7-9-15)17(24)19-10-4-5-16(23)25-3/h6-9,11H,4-5,10H2,1-3H3,(H,19,24)(H,20,21,22). The Hall–Kier alpha value is -2.96. The highest BCUT2D eigenvalue weighted by atomic mass is 16.5. The molecule has 7 heteroatoms. The third-order valence-corrected chi connectivity index (χ3v) is 3.46. The minimum absolute atomic E-state index is 0.181. The molecular weight excluding hydrogens is 320 g/mol. The van der Waals surface area contributed by atoms with Gasteiger partial charge in [0.05, 0.1) is 7.11 Å². The molecular formula is C18H22N4O3. The minimum atomic E-state index is -0.279. The van der Waals surface area contributed by atoms with Gasteiger partial charge in [0, 0.05) is 35.6 Å². The molecule has 25 heavy (non-hydrogen) atoms. The first-order chi connectivity index (χ1) is 12.0. The van der Waals surface area contributed by atoms with Crippen molar-refractivity contribution in [3.05, 3.63) is 47.3 Å². The first-order valence-corrected chi connectivity index (χ1v) is 8.02. The van der Waals surface area contributed by atoms with Crippen molar-refractivity contribution >= 4 is 23.5 Å². The Morgan fingerprint density at radius 2 is 1.72 bits per heavy atom. The predicted molar refractivity (Wildman–Crippen MR) is 94.8 cm³/mol. The summed E-state index contributed by atoms with van der Waals surface area (Å²) in [5.41, 5.74) is 3.12. The van der Waals surface area contributed by atoms with Gasteiger partial charge in [-0.15, -0.1) is 0 Å². The van der Waals surface area contributed by atoms with E-state index in [1.54, 1.807) is 24.3 Å². The Labute approximate surface area is 146 Å². The van der Waals surface area contributed by atoms with Crippen LogP contribution in [-0.2, 0) is 9.53 Å². The van der Waals surface area contributed by atoms with Crippen LogP contribution in [-0.4, -0.2) is 35.5 Å². The number of hydrogen-bond acceptors (Lipinski definition) is 6. The van der Waals surface area contributed by atoms with E-state index in [9.17, 15) is 9.59 Å². The van der Waals surface area contributed by atoms with Gasteiger partial charge in [-0.05, 0) is 50.6 Å². The number of aryl methyl sites for hydroxylation is 2. The number of nitrogens with zero attached hydrogens (tertiary/aromatic N) is 2. The zero-order valence-corrected chi connectivity index (χ0v) is 14.6. The van der Waals surface area contributed by atoms with E-state index in [4.69, 9.17) is 0 Å². The molecule has 1 aromatic heterocycles. The molecule has 1 amide bonds. The van der Waals surface area contributed by atoms with Crippen LogP contribution in [0.15, 0.2) is 30.3 Å². The van der Waals surface area contributed by atoms with E-state index in [2.05, 4.69) is 25.3 Å². The molecule has 0 aliphatic carbocycles. The van der Waals surface area contributed by atoms with E-state index in [1.165, 1.54) is 7.11 Å². The Bertz CT molecular complexity index is 724. The van der Waals surface area contributed by atoms with E-state index in [0.29, 0.717) is 24.5 Å². The highest BCUT2D eigenvalue weighted by molar-refractivity contribution is 5.94. The maximum atomic E-state index is 12.0. The van der Waals surface area contributed by atoms with Gasteiger partial charge in [0.1, 0.15) is 0 Å². The molecule has 0 fully saturated rings. The van der Waals surface area contributed by atoms with Crippen LogP contribution in [0.25, 0.3) is 0 Å². The number of amides is 1. The van der Waals surface area contributed by atoms with Crippen LogP contribution in [0.1, 0.15) is 34.6 Å². The lowest BCUT2D eigenvalue weighted by Gasteiger charge is -2.08. The zero-order chi connectivity index (χ0) is 18.2. The summed E-state index contributed by atoms with van der Waals surface area (Å²) in [6, 6.07) is 8.94. The van der Waals surface area contributed by atoms with Crippen molar-refractivity contribution in [3.8, 4) is 0 Å². The van der Waals surface area contributed by atoms with Gasteiger partial charge in [0.15, 0.2) is 0 Å².